The van der Waals surface area contributed by atoms with E-state index in [2.05, 4.69) is 10.5 Å². The third-order valence-electron chi connectivity index (χ3n) is 4.84. The summed E-state index contributed by atoms with van der Waals surface area (Å²) in [5, 5.41) is 4.00. The third kappa shape index (κ3) is 4.45. The predicted octanol–water partition coefficient (Wildman–Crippen LogP) is 1.88. The number of nitrogens with zero attached hydrogens (tertiary/aromatic N) is 3. The largest absolute Gasteiger partial charge is 0.350 e. The Labute approximate surface area is 159 Å². The summed E-state index contributed by atoms with van der Waals surface area (Å²) >= 11 is 0. The summed E-state index contributed by atoms with van der Waals surface area (Å²) < 4.78 is 28.8. The molecule has 1 amide bonds. The fourth-order valence-corrected chi connectivity index (χ4v) is 4.55. The monoisotopic (exact) mass is 388 g/mol. The van der Waals surface area contributed by atoms with E-state index in [-0.39, 0.29) is 11.8 Å². The normalized spacial score (nSPS) is 16.7. The Hall–Kier alpha value is -2.45. The van der Waals surface area contributed by atoms with E-state index in [0.29, 0.717) is 30.8 Å². The summed E-state index contributed by atoms with van der Waals surface area (Å²) in [7, 11) is -1.61. The van der Waals surface area contributed by atoms with Gasteiger partial charge in [-0.3, -0.25) is 4.79 Å². The van der Waals surface area contributed by atoms with Gasteiger partial charge >= 0.3 is 0 Å². The van der Waals surface area contributed by atoms with E-state index in [1.807, 2.05) is 36.9 Å². The number of amides is 1. The lowest BCUT2D eigenvalue weighted by Crippen LogP contribution is -2.42. The molecular weight excluding hydrogens is 364 g/mol. The molecule has 144 valence electrons. The van der Waals surface area contributed by atoms with Gasteiger partial charge in [-0.15, -0.1) is 0 Å². The fourth-order valence-electron chi connectivity index (χ4n) is 3.08. The molecule has 1 N–H and O–H groups in total. The molecule has 27 heavy (non-hydrogen) atoms. The van der Waals surface area contributed by atoms with E-state index in [1.54, 1.807) is 30.5 Å². The zero-order valence-corrected chi connectivity index (χ0v) is 16.3. The molecule has 0 atom stereocenters. The highest BCUT2D eigenvalue weighted by molar-refractivity contribution is 7.89. The smallest absolute Gasteiger partial charge is 0.243 e. The Morgan fingerprint density at radius 2 is 1.85 bits per heavy atom. The lowest BCUT2D eigenvalue weighted by atomic mass is 9.98. The second-order valence-electron chi connectivity index (χ2n) is 6.77. The van der Waals surface area contributed by atoms with Crippen molar-refractivity contribution in [1.82, 2.24) is 14.3 Å². The van der Waals surface area contributed by atoms with Crippen molar-refractivity contribution in [2.24, 2.45) is 18.1 Å². The molecule has 3 rings (SSSR count). The molecule has 0 radical (unpaired) electrons. The number of nitrogens with one attached hydrogen (secondary N) is 1. The zero-order valence-electron chi connectivity index (χ0n) is 15.5. The second-order valence-corrected chi connectivity index (χ2v) is 8.71. The Morgan fingerprint density at radius 1 is 1.19 bits per heavy atom. The van der Waals surface area contributed by atoms with E-state index >= 15 is 0 Å². The van der Waals surface area contributed by atoms with Gasteiger partial charge in [0.1, 0.15) is 0 Å². The van der Waals surface area contributed by atoms with E-state index in [4.69, 9.17) is 0 Å². The molecule has 2 aromatic rings. The van der Waals surface area contributed by atoms with Crippen LogP contribution in [0.4, 0.5) is 0 Å². The summed E-state index contributed by atoms with van der Waals surface area (Å²) in [6.07, 6.45) is 4.45. The van der Waals surface area contributed by atoms with Gasteiger partial charge in [-0.25, -0.2) is 13.8 Å². The molecule has 1 saturated heterocycles. The highest BCUT2D eigenvalue weighted by Gasteiger charge is 2.31. The maximum absolute atomic E-state index is 12.7. The van der Waals surface area contributed by atoms with Crippen molar-refractivity contribution in [3.8, 4) is 0 Å². The quantitative estimate of drug-likeness (QED) is 0.627. The first kappa shape index (κ1) is 19.3. The average Bonchev–Trinajstić information content (AvgIpc) is 3.07. The second kappa shape index (κ2) is 8.06. The number of carbonyl (C=O) groups is 1. The van der Waals surface area contributed by atoms with Gasteiger partial charge in [0.15, 0.2) is 0 Å². The van der Waals surface area contributed by atoms with Gasteiger partial charge in [-0.2, -0.15) is 9.41 Å². The summed E-state index contributed by atoms with van der Waals surface area (Å²) in [6.45, 7) is 2.58. The van der Waals surface area contributed by atoms with Crippen LogP contribution < -0.4 is 5.43 Å². The van der Waals surface area contributed by atoms with Crippen LogP contribution in [0, 0.1) is 12.8 Å². The number of aromatic nitrogens is 1. The summed E-state index contributed by atoms with van der Waals surface area (Å²) in [5.74, 6) is -0.409. The first-order chi connectivity index (χ1) is 12.9. The minimum Gasteiger partial charge on any atom is -0.350 e. The van der Waals surface area contributed by atoms with Crippen molar-refractivity contribution in [3.05, 3.63) is 53.9 Å². The first-order valence-corrected chi connectivity index (χ1v) is 10.3. The van der Waals surface area contributed by atoms with E-state index in [0.717, 1.165) is 11.3 Å². The molecule has 0 unspecified atom stereocenters. The van der Waals surface area contributed by atoms with E-state index in [9.17, 15) is 13.2 Å². The Kier molecular flexibility index (Phi) is 5.76. The minimum atomic E-state index is -3.51. The van der Waals surface area contributed by atoms with Gasteiger partial charge in [0.2, 0.25) is 15.9 Å². The van der Waals surface area contributed by atoms with Gasteiger partial charge in [-0.05, 0) is 44.0 Å². The van der Waals surface area contributed by atoms with Gasteiger partial charge in [0, 0.05) is 32.3 Å². The van der Waals surface area contributed by atoms with Crippen molar-refractivity contribution >= 4 is 22.1 Å². The molecular formula is C19H24N4O3S. The SMILES string of the molecule is Cc1ccc(S(=O)(=O)N2CCC(C(=O)N/N=C\c3cccn3C)CC2)cc1. The van der Waals surface area contributed by atoms with Crippen LogP contribution in [0.1, 0.15) is 24.1 Å². The molecule has 0 bridgehead atoms. The van der Waals surface area contributed by atoms with Crippen molar-refractivity contribution in [2.45, 2.75) is 24.7 Å². The molecule has 8 heteroatoms. The number of sulfonamides is 1. The number of hydrogen-bond donors (Lipinski definition) is 1. The van der Waals surface area contributed by atoms with Crippen LogP contribution in [-0.4, -0.2) is 42.5 Å². The highest BCUT2D eigenvalue weighted by atomic mass is 32.2. The van der Waals surface area contributed by atoms with Crippen LogP contribution in [0.3, 0.4) is 0 Å². The number of rotatable bonds is 5. The molecule has 1 aromatic carbocycles. The van der Waals surface area contributed by atoms with Crippen molar-refractivity contribution in [2.75, 3.05) is 13.1 Å². The van der Waals surface area contributed by atoms with Crippen molar-refractivity contribution in [3.63, 3.8) is 0 Å². The van der Waals surface area contributed by atoms with Gasteiger partial charge in [-0.1, -0.05) is 17.7 Å². The number of hydrogen-bond acceptors (Lipinski definition) is 4. The number of benzene rings is 1. The summed E-state index contributed by atoms with van der Waals surface area (Å²) in [5.41, 5.74) is 4.46. The lowest BCUT2D eigenvalue weighted by molar-refractivity contribution is -0.126. The number of hydrazone groups is 1. The van der Waals surface area contributed by atoms with Gasteiger partial charge < -0.3 is 4.57 Å². The highest BCUT2D eigenvalue weighted by Crippen LogP contribution is 2.24. The van der Waals surface area contributed by atoms with Crippen LogP contribution >= 0.6 is 0 Å². The van der Waals surface area contributed by atoms with Gasteiger partial charge in [0.25, 0.3) is 0 Å². The summed E-state index contributed by atoms with van der Waals surface area (Å²) in [4.78, 5) is 12.6. The molecule has 1 aromatic heterocycles. The Bertz CT molecular complexity index is 924. The minimum absolute atomic E-state index is 0.173. The maximum atomic E-state index is 12.7. The molecule has 7 nitrogen and oxygen atoms in total. The zero-order chi connectivity index (χ0) is 19.4. The fraction of sp³-hybridized carbons (Fsp3) is 0.368. The van der Waals surface area contributed by atoms with Gasteiger partial charge in [0.05, 0.1) is 16.8 Å². The molecule has 0 spiro atoms. The van der Waals surface area contributed by atoms with Crippen LogP contribution in [0.15, 0.2) is 52.6 Å². The predicted molar refractivity (Wildman–Crippen MR) is 104 cm³/mol. The lowest BCUT2D eigenvalue weighted by Gasteiger charge is -2.30. The van der Waals surface area contributed by atoms with Crippen LogP contribution in [0.25, 0.3) is 0 Å². The number of carbonyl (C=O) groups excluding carboxylic acids is 1. The molecule has 1 fully saturated rings. The Morgan fingerprint density at radius 3 is 2.44 bits per heavy atom. The molecule has 2 heterocycles. The molecule has 0 saturated carbocycles. The standard InChI is InChI=1S/C19H24N4O3S/c1-15-5-7-18(8-6-15)27(25,26)23-12-9-16(10-13-23)19(24)21-20-14-17-4-3-11-22(17)2/h3-8,11,14,16H,9-10,12-13H2,1-2H3,(H,21,24)/b20-14-. The maximum Gasteiger partial charge on any atom is 0.243 e. The van der Waals surface area contributed by atoms with Crippen LogP contribution in [-0.2, 0) is 21.9 Å². The number of aryl methyl sites for hydroxylation is 2. The van der Waals surface area contributed by atoms with E-state index < -0.39 is 10.0 Å². The average molecular weight is 388 g/mol. The van der Waals surface area contributed by atoms with Crippen molar-refractivity contribution in [1.29, 1.82) is 0 Å². The first-order valence-electron chi connectivity index (χ1n) is 8.89. The topological polar surface area (TPSA) is 83.8 Å². The number of piperidine rings is 1. The summed E-state index contributed by atoms with van der Waals surface area (Å²) in [6, 6.07) is 10.6. The van der Waals surface area contributed by atoms with Crippen molar-refractivity contribution < 1.29 is 13.2 Å². The van der Waals surface area contributed by atoms with Crippen LogP contribution in [0.5, 0.6) is 0 Å². The van der Waals surface area contributed by atoms with Crippen LogP contribution in [0.2, 0.25) is 0 Å². The molecule has 1 aliphatic heterocycles. The van der Waals surface area contributed by atoms with E-state index in [1.165, 1.54) is 4.31 Å². The Balaban J connectivity index is 1.55. The third-order valence-corrected chi connectivity index (χ3v) is 6.75. The molecule has 0 aliphatic carbocycles. The molecule has 1 aliphatic rings.